The predicted octanol–water partition coefficient (Wildman–Crippen LogP) is 3.12. The van der Waals surface area contributed by atoms with Crippen LogP contribution in [0, 0.1) is 5.82 Å². The standard InChI is InChI=1S/C19H18ClFN2O3/c1-13(26-17-8-7-14(21)11-16(17)20)19(25)22-9-10-23(18(24)12-22)15-5-3-2-4-6-15/h2-8,11,13H,9-10,12H2,1H3/t13-/m0/s1. The maximum atomic E-state index is 13.1. The third-order valence-electron chi connectivity index (χ3n) is 4.15. The lowest BCUT2D eigenvalue weighted by Crippen LogP contribution is -2.54. The van der Waals surface area contributed by atoms with E-state index in [0.29, 0.717) is 13.1 Å². The van der Waals surface area contributed by atoms with Gasteiger partial charge in [-0.1, -0.05) is 29.8 Å². The third kappa shape index (κ3) is 3.96. The van der Waals surface area contributed by atoms with Crippen LogP contribution in [0.3, 0.4) is 0 Å². The Hall–Kier alpha value is -2.60. The van der Waals surface area contributed by atoms with Gasteiger partial charge < -0.3 is 14.5 Å². The maximum Gasteiger partial charge on any atom is 0.263 e. The molecule has 0 aliphatic carbocycles. The normalized spacial score (nSPS) is 15.7. The zero-order valence-electron chi connectivity index (χ0n) is 14.2. The number of amides is 2. The van der Waals surface area contributed by atoms with Crippen LogP contribution in [-0.4, -0.2) is 42.5 Å². The lowest BCUT2D eigenvalue weighted by Gasteiger charge is -2.35. The Morgan fingerprint density at radius 1 is 1.19 bits per heavy atom. The fraction of sp³-hybridized carbons (Fsp3) is 0.263. The molecule has 0 spiro atoms. The molecular formula is C19H18ClFN2O3. The van der Waals surface area contributed by atoms with E-state index >= 15 is 0 Å². The minimum absolute atomic E-state index is 0.0153. The quantitative estimate of drug-likeness (QED) is 0.823. The summed E-state index contributed by atoms with van der Waals surface area (Å²) in [7, 11) is 0. The number of piperazine rings is 1. The monoisotopic (exact) mass is 376 g/mol. The Morgan fingerprint density at radius 3 is 2.58 bits per heavy atom. The van der Waals surface area contributed by atoms with Gasteiger partial charge in [-0.3, -0.25) is 9.59 Å². The predicted molar refractivity (Wildman–Crippen MR) is 96.9 cm³/mol. The van der Waals surface area contributed by atoms with E-state index in [1.54, 1.807) is 11.8 Å². The van der Waals surface area contributed by atoms with Crippen LogP contribution in [0.4, 0.5) is 10.1 Å². The number of carbonyl (C=O) groups excluding carboxylic acids is 2. The van der Waals surface area contributed by atoms with Crippen molar-refractivity contribution in [2.24, 2.45) is 0 Å². The molecule has 2 aromatic rings. The lowest BCUT2D eigenvalue weighted by atomic mass is 10.2. The Morgan fingerprint density at radius 2 is 1.92 bits per heavy atom. The molecule has 7 heteroatoms. The molecule has 0 aromatic heterocycles. The number of hydrogen-bond acceptors (Lipinski definition) is 3. The lowest BCUT2D eigenvalue weighted by molar-refractivity contribution is -0.142. The van der Waals surface area contributed by atoms with Crippen LogP contribution < -0.4 is 9.64 Å². The molecule has 1 saturated heterocycles. The highest BCUT2D eigenvalue weighted by molar-refractivity contribution is 6.32. The number of nitrogens with zero attached hydrogens (tertiary/aromatic N) is 2. The summed E-state index contributed by atoms with van der Waals surface area (Å²) < 4.78 is 18.6. The van der Waals surface area contributed by atoms with Crippen LogP contribution in [0.1, 0.15) is 6.92 Å². The van der Waals surface area contributed by atoms with E-state index in [2.05, 4.69) is 0 Å². The molecule has 1 fully saturated rings. The Balaban J connectivity index is 1.63. The van der Waals surface area contributed by atoms with Crippen LogP contribution in [0.5, 0.6) is 5.75 Å². The number of hydrogen-bond donors (Lipinski definition) is 0. The SMILES string of the molecule is C[C@H](Oc1ccc(F)cc1Cl)C(=O)N1CCN(c2ccccc2)C(=O)C1. The van der Waals surface area contributed by atoms with Gasteiger partial charge in [0, 0.05) is 18.8 Å². The molecule has 0 saturated carbocycles. The van der Waals surface area contributed by atoms with Crippen molar-refractivity contribution in [3.05, 3.63) is 59.4 Å². The number of carbonyl (C=O) groups is 2. The topological polar surface area (TPSA) is 49.9 Å². The fourth-order valence-electron chi connectivity index (χ4n) is 2.81. The molecule has 1 atom stereocenters. The molecule has 2 aromatic carbocycles. The van der Waals surface area contributed by atoms with Gasteiger partial charge in [0.1, 0.15) is 18.1 Å². The van der Waals surface area contributed by atoms with Gasteiger partial charge in [0.15, 0.2) is 6.10 Å². The van der Waals surface area contributed by atoms with Crippen LogP contribution in [0.2, 0.25) is 5.02 Å². The van der Waals surface area contributed by atoms with Crippen molar-refractivity contribution in [3.63, 3.8) is 0 Å². The Kier molecular flexibility index (Phi) is 5.42. The molecule has 0 N–H and O–H groups in total. The van der Waals surface area contributed by atoms with E-state index in [4.69, 9.17) is 16.3 Å². The van der Waals surface area contributed by atoms with E-state index in [0.717, 1.165) is 11.8 Å². The molecule has 0 bridgehead atoms. The van der Waals surface area contributed by atoms with Crippen molar-refractivity contribution in [2.75, 3.05) is 24.5 Å². The van der Waals surface area contributed by atoms with Gasteiger partial charge in [0.25, 0.3) is 5.91 Å². The summed E-state index contributed by atoms with van der Waals surface area (Å²) in [5.74, 6) is -0.721. The largest absolute Gasteiger partial charge is 0.479 e. The van der Waals surface area contributed by atoms with Crippen LogP contribution in [0.15, 0.2) is 48.5 Å². The number of benzene rings is 2. The summed E-state index contributed by atoms with van der Waals surface area (Å²) in [5, 5.41) is 0.0922. The first-order valence-corrected chi connectivity index (χ1v) is 8.59. The van der Waals surface area contributed by atoms with Crippen molar-refractivity contribution < 1.29 is 18.7 Å². The second-order valence-corrected chi connectivity index (χ2v) is 6.38. The average Bonchev–Trinajstić information content (AvgIpc) is 2.64. The summed E-state index contributed by atoms with van der Waals surface area (Å²) in [6.07, 6.45) is -0.839. The number of para-hydroxylation sites is 1. The summed E-state index contributed by atoms with van der Waals surface area (Å²) in [4.78, 5) is 28.1. The molecule has 0 unspecified atom stereocenters. The number of ether oxygens (including phenoxy) is 1. The molecular weight excluding hydrogens is 359 g/mol. The number of anilines is 1. The highest BCUT2D eigenvalue weighted by Crippen LogP contribution is 2.26. The van der Waals surface area contributed by atoms with Gasteiger partial charge in [-0.2, -0.15) is 0 Å². The molecule has 26 heavy (non-hydrogen) atoms. The zero-order valence-corrected chi connectivity index (χ0v) is 14.9. The minimum Gasteiger partial charge on any atom is -0.479 e. The molecule has 5 nitrogen and oxygen atoms in total. The van der Waals surface area contributed by atoms with Crippen LogP contribution in [-0.2, 0) is 9.59 Å². The van der Waals surface area contributed by atoms with Gasteiger partial charge in [-0.25, -0.2) is 4.39 Å². The van der Waals surface area contributed by atoms with E-state index in [1.807, 2.05) is 30.3 Å². The number of halogens is 2. The molecule has 136 valence electrons. The first-order chi connectivity index (χ1) is 12.5. The summed E-state index contributed by atoms with van der Waals surface area (Å²) >= 11 is 5.92. The summed E-state index contributed by atoms with van der Waals surface area (Å²) in [5.41, 5.74) is 0.812. The van der Waals surface area contributed by atoms with E-state index in [-0.39, 0.29) is 29.1 Å². The van der Waals surface area contributed by atoms with Crippen molar-refractivity contribution in [3.8, 4) is 5.75 Å². The fourth-order valence-corrected chi connectivity index (χ4v) is 3.02. The molecule has 0 radical (unpaired) electrons. The summed E-state index contributed by atoms with van der Waals surface area (Å²) in [6, 6.07) is 13.0. The maximum absolute atomic E-state index is 13.1. The molecule has 1 heterocycles. The molecule has 1 aliphatic rings. The van der Waals surface area contributed by atoms with Crippen LogP contribution in [0.25, 0.3) is 0 Å². The highest BCUT2D eigenvalue weighted by atomic mass is 35.5. The highest BCUT2D eigenvalue weighted by Gasteiger charge is 2.31. The zero-order chi connectivity index (χ0) is 18.7. The second kappa shape index (κ2) is 7.74. The number of rotatable bonds is 4. The van der Waals surface area contributed by atoms with Crippen molar-refractivity contribution in [1.82, 2.24) is 4.90 Å². The third-order valence-corrected chi connectivity index (χ3v) is 4.44. The van der Waals surface area contributed by atoms with E-state index < -0.39 is 11.9 Å². The van der Waals surface area contributed by atoms with Gasteiger partial charge in [0.05, 0.1) is 5.02 Å². The minimum atomic E-state index is -0.839. The summed E-state index contributed by atoms with van der Waals surface area (Å²) in [6.45, 7) is 2.39. The molecule has 3 rings (SSSR count). The molecule has 1 aliphatic heterocycles. The van der Waals surface area contributed by atoms with Gasteiger partial charge in [0.2, 0.25) is 5.91 Å². The van der Waals surface area contributed by atoms with Gasteiger partial charge in [-0.15, -0.1) is 0 Å². The second-order valence-electron chi connectivity index (χ2n) is 5.98. The first-order valence-electron chi connectivity index (χ1n) is 8.21. The average molecular weight is 377 g/mol. The van der Waals surface area contributed by atoms with E-state index in [9.17, 15) is 14.0 Å². The van der Waals surface area contributed by atoms with Gasteiger partial charge in [-0.05, 0) is 37.3 Å². The van der Waals surface area contributed by atoms with Crippen LogP contribution >= 0.6 is 11.6 Å². The Bertz CT molecular complexity index is 816. The Labute approximate surface area is 155 Å². The van der Waals surface area contributed by atoms with Crippen molar-refractivity contribution in [1.29, 1.82) is 0 Å². The van der Waals surface area contributed by atoms with Crippen molar-refractivity contribution in [2.45, 2.75) is 13.0 Å². The van der Waals surface area contributed by atoms with Crippen molar-refractivity contribution >= 4 is 29.1 Å². The van der Waals surface area contributed by atoms with E-state index in [1.165, 1.54) is 17.0 Å². The van der Waals surface area contributed by atoms with Gasteiger partial charge >= 0.3 is 0 Å². The first kappa shape index (κ1) is 18.2. The molecule has 2 amide bonds. The smallest absolute Gasteiger partial charge is 0.263 e.